The van der Waals surface area contributed by atoms with E-state index in [1.165, 1.54) is 38.4 Å². The van der Waals surface area contributed by atoms with E-state index in [1.54, 1.807) is 24.3 Å². The van der Waals surface area contributed by atoms with Crippen LogP contribution in [-0.4, -0.2) is 38.6 Å². The molecule has 32 heavy (non-hydrogen) atoms. The van der Waals surface area contributed by atoms with Crippen LogP contribution in [0.2, 0.25) is 0 Å². The van der Waals surface area contributed by atoms with E-state index in [1.807, 2.05) is 38.1 Å². The first-order valence-corrected chi connectivity index (χ1v) is 11.4. The van der Waals surface area contributed by atoms with E-state index < -0.39 is 22.1 Å². The van der Waals surface area contributed by atoms with Gasteiger partial charge in [-0.1, -0.05) is 59.7 Å². The summed E-state index contributed by atoms with van der Waals surface area (Å²) in [4.78, 5) is 26.1. The Bertz CT molecular complexity index is 1210. The van der Waals surface area contributed by atoms with Crippen molar-refractivity contribution in [3.05, 3.63) is 101 Å². The molecule has 1 atom stereocenters. The van der Waals surface area contributed by atoms with Gasteiger partial charge < -0.3 is 4.74 Å². The average molecular weight is 452 g/mol. The van der Waals surface area contributed by atoms with Gasteiger partial charge in [0.1, 0.15) is 0 Å². The first-order chi connectivity index (χ1) is 15.1. The average Bonchev–Trinajstić information content (AvgIpc) is 2.78. The third-order valence-corrected chi connectivity index (χ3v) is 6.88. The molecule has 166 valence electrons. The summed E-state index contributed by atoms with van der Waals surface area (Å²) in [5.41, 5.74) is 3.16. The van der Waals surface area contributed by atoms with Crippen LogP contribution in [0.25, 0.3) is 0 Å². The molecule has 0 saturated carbocycles. The normalized spacial score (nSPS) is 12.4. The van der Waals surface area contributed by atoms with Crippen LogP contribution in [0.5, 0.6) is 0 Å². The number of hydrogen-bond donors (Lipinski definition) is 0. The molecule has 3 aromatic carbocycles. The molecule has 0 fully saturated rings. The Labute approximate surface area is 188 Å². The number of benzene rings is 3. The molecule has 0 spiro atoms. The first-order valence-electron chi connectivity index (χ1n) is 10.0. The van der Waals surface area contributed by atoms with Crippen LogP contribution >= 0.6 is 0 Å². The minimum absolute atomic E-state index is 0.0601. The number of ether oxygens (including phenoxy) is 1. The topological polar surface area (TPSA) is 80.8 Å². The van der Waals surface area contributed by atoms with Crippen molar-refractivity contribution in [1.82, 2.24) is 4.31 Å². The molecule has 0 aliphatic rings. The van der Waals surface area contributed by atoms with Gasteiger partial charge in [-0.25, -0.2) is 17.5 Å². The molecule has 0 bridgehead atoms. The highest BCUT2D eigenvalue weighted by atomic mass is 32.2. The van der Waals surface area contributed by atoms with Crippen LogP contribution in [-0.2, 0) is 14.8 Å². The highest BCUT2D eigenvalue weighted by Gasteiger charge is 2.27. The number of esters is 1. The van der Waals surface area contributed by atoms with Crippen LogP contribution in [0.15, 0.2) is 77.7 Å². The zero-order valence-electron chi connectivity index (χ0n) is 18.4. The fraction of sp³-hybridized carbons (Fsp3) is 0.200. The van der Waals surface area contributed by atoms with Crippen LogP contribution in [0.4, 0.5) is 0 Å². The van der Waals surface area contributed by atoms with Crippen molar-refractivity contribution in [2.75, 3.05) is 14.1 Å². The second-order valence-electron chi connectivity index (χ2n) is 7.74. The first kappa shape index (κ1) is 23.4. The molecule has 0 aliphatic carbocycles. The van der Waals surface area contributed by atoms with Crippen LogP contribution in [0, 0.1) is 13.8 Å². The number of nitrogens with zero attached hydrogens (tertiary/aromatic N) is 1. The highest BCUT2D eigenvalue weighted by molar-refractivity contribution is 7.89. The molecule has 0 radical (unpaired) electrons. The van der Waals surface area contributed by atoms with Gasteiger partial charge in [-0.15, -0.1) is 0 Å². The van der Waals surface area contributed by atoms with E-state index in [4.69, 9.17) is 4.74 Å². The van der Waals surface area contributed by atoms with Crippen molar-refractivity contribution in [1.29, 1.82) is 0 Å². The van der Waals surface area contributed by atoms with E-state index in [-0.39, 0.29) is 16.2 Å². The SMILES string of the molecule is Cc1ccc(C(=O)[C@@H](OC(=O)c2ccc(S(=O)(=O)N(C)C)cc2)c2ccc(C)cc2)cc1. The summed E-state index contributed by atoms with van der Waals surface area (Å²) in [6.45, 7) is 3.85. The molecule has 0 N–H and O–H groups in total. The number of rotatable bonds is 7. The number of sulfonamides is 1. The minimum Gasteiger partial charge on any atom is -0.445 e. The fourth-order valence-electron chi connectivity index (χ4n) is 3.03. The summed E-state index contributed by atoms with van der Waals surface area (Å²) < 4.78 is 31.2. The predicted octanol–water partition coefficient (Wildman–Crippen LogP) is 4.33. The van der Waals surface area contributed by atoms with Crippen molar-refractivity contribution in [2.45, 2.75) is 24.8 Å². The predicted molar refractivity (Wildman–Crippen MR) is 122 cm³/mol. The van der Waals surface area contributed by atoms with Gasteiger partial charge in [-0.3, -0.25) is 4.79 Å². The van der Waals surface area contributed by atoms with Gasteiger partial charge in [0.2, 0.25) is 15.8 Å². The van der Waals surface area contributed by atoms with Gasteiger partial charge in [-0.05, 0) is 38.1 Å². The van der Waals surface area contributed by atoms with Gasteiger partial charge >= 0.3 is 5.97 Å². The maximum Gasteiger partial charge on any atom is 0.339 e. The molecular formula is C25H25NO5S. The maximum atomic E-state index is 13.2. The Kier molecular flexibility index (Phi) is 6.91. The van der Waals surface area contributed by atoms with E-state index in [0.717, 1.165) is 15.4 Å². The van der Waals surface area contributed by atoms with E-state index in [2.05, 4.69) is 0 Å². The van der Waals surface area contributed by atoms with Crippen LogP contribution < -0.4 is 0 Å². The molecule has 0 heterocycles. The lowest BCUT2D eigenvalue weighted by molar-refractivity contribution is 0.0280. The van der Waals surface area contributed by atoms with Gasteiger partial charge in [0.15, 0.2) is 6.10 Å². The molecule has 0 saturated heterocycles. The Morgan fingerprint density at radius 3 is 1.72 bits per heavy atom. The van der Waals surface area contributed by atoms with Crippen LogP contribution in [0.1, 0.15) is 43.5 Å². The van der Waals surface area contributed by atoms with Crippen molar-refractivity contribution in [3.8, 4) is 0 Å². The van der Waals surface area contributed by atoms with Crippen molar-refractivity contribution >= 4 is 21.8 Å². The lowest BCUT2D eigenvalue weighted by atomic mass is 9.98. The molecular weight excluding hydrogens is 426 g/mol. The largest absolute Gasteiger partial charge is 0.445 e. The number of hydrogen-bond acceptors (Lipinski definition) is 5. The number of aryl methyl sites for hydroxylation is 2. The number of carbonyl (C=O) groups is 2. The quantitative estimate of drug-likeness (QED) is 0.394. The van der Waals surface area contributed by atoms with E-state index in [9.17, 15) is 18.0 Å². The summed E-state index contributed by atoms with van der Waals surface area (Å²) in [5, 5.41) is 0. The molecule has 0 aliphatic heterocycles. The van der Waals surface area contributed by atoms with Gasteiger partial charge in [-0.2, -0.15) is 0 Å². The monoisotopic (exact) mass is 451 g/mol. The van der Waals surface area contributed by atoms with E-state index >= 15 is 0 Å². The summed E-state index contributed by atoms with van der Waals surface area (Å²) in [6, 6.07) is 19.7. The molecule has 7 heteroatoms. The number of ketones is 1. The maximum absolute atomic E-state index is 13.2. The van der Waals surface area contributed by atoms with Crippen molar-refractivity contribution in [3.63, 3.8) is 0 Å². The molecule has 3 aromatic rings. The number of Topliss-reactive ketones (excluding diaryl/α,β-unsaturated/α-hetero) is 1. The minimum atomic E-state index is -3.62. The Hall–Kier alpha value is -3.29. The van der Waals surface area contributed by atoms with Gasteiger partial charge in [0.25, 0.3) is 0 Å². The lowest BCUT2D eigenvalue weighted by Crippen LogP contribution is -2.22. The molecule has 0 amide bonds. The number of carbonyl (C=O) groups excluding carboxylic acids is 2. The third kappa shape index (κ3) is 5.12. The Morgan fingerprint density at radius 2 is 1.22 bits per heavy atom. The van der Waals surface area contributed by atoms with E-state index in [0.29, 0.717) is 11.1 Å². The summed E-state index contributed by atoms with van der Waals surface area (Å²) in [5.74, 6) is -1.06. The molecule has 0 unspecified atom stereocenters. The van der Waals surface area contributed by atoms with Crippen molar-refractivity contribution in [2.24, 2.45) is 0 Å². The Balaban J connectivity index is 1.90. The van der Waals surface area contributed by atoms with Gasteiger partial charge in [0, 0.05) is 25.2 Å². The molecule has 6 nitrogen and oxygen atoms in total. The second-order valence-corrected chi connectivity index (χ2v) is 9.89. The zero-order chi connectivity index (χ0) is 23.5. The third-order valence-electron chi connectivity index (χ3n) is 5.05. The standard InChI is InChI=1S/C25H25NO5S/c1-17-5-9-19(10-6-17)23(27)24(20-11-7-18(2)8-12-20)31-25(28)21-13-15-22(16-14-21)32(29,30)26(3)4/h5-16,24H,1-4H3/t24-/m0/s1. The molecule has 3 rings (SSSR count). The Morgan fingerprint density at radius 1 is 0.750 bits per heavy atom. The fourth-order valence-corrected chi connectivity index (χ4v) is 3.93. The second kappa shape index (κ2) is 9.46. The zero-order valence-corrected chi connectivity index (χ0v) is 19.2. The van der Waals surface area contributed by atoms with Crippen molar-refractivity contribution < 1.29 is 22.7 Å². The smallest absolute Gasteiger partial charge is 0.339 e. The van der Waals surface area contributed by atoms with Gasteiger partial charge in [0.05, 0.1) is 10.5 Å². The lowest BCUT2D eigenvalue weighted by Gasteiger charge is -2.18. The summed E-state index contributed by atoms with van der Waals surface area (Å²) in [7, 11) is -0.754. The molecule has 0 aromatic heterocycles. The summed E-state index contributed by atoms with van der Waals surface area (Å²) >= 11 is 0. The summed E-state index contributed by atoms with van der Waals surface area (Å²) in [6.07, 6.45) is -1.13. The van der Waals surface area contributed by atoms with Crippen LogP contribution in [0.3, 0.4) is 0 Å². The highest BCUT2D eigenvalue weighted by Crippen LogP contribution is 2.25.